The van der Waals surface area contributed by atoms with Crippen LogP contribution < -0.4 is 4.74 Å². The van der Waals surface area contributed by atoms with Crippen LogP contribution in [0.25, 0.3) is 0 Å². The third kappa shape index (κ3) is 3.45. The van der Waals surface area contributed by atoms with E-state index in [1.165, 1.54) is 18.2 Å². The van der Waals surface area contributed by atoms with Crippen molar-refractivity contribution in [3.8, 4) is 5.75 Å². The summed E-state index contributed by atoms with van der Waals surface area (Å²) in [5.41, 5.74) is 0.571. The quantitative estimate of drug-likeness (QED) is 0.603. The zero-order valence-electron chi connectivity index (χ0n) is 9.68. The lowest BCUT2D eigenvalue weighted by Gasteiger charge is -2.09. The van der Waals surface area contributed by atoms with Crippen LogP contribution in [0, 0.1) is 10.1 Å². The minimum atomic E-state index is -0.460. The third-order valence-electron chi connectivity index (χ3n) is 2.46. The van der Waals surface area contributed by atoms with Crippen molar-refractivity contribution >= 4 is 33.2 Å². The van der Waals surface area contributed by atoms with E-state index in [4.69, 9.17) is 16.3 Å². The number of benzene rings is 2. The molecule has 0 radical (unpaired) electrons. The minimum absolute atomic E-state index is 0.00451. The maximum Gasteiger partial charge on any atom is 0.269 e. The molecule has 0 aromatic heterocycles. The minimum Gasteiger partial charge on any atom is -0.488 e. The van der Waals surface area contributed by atoms with Gasteiger partial charge in [-0.15, -0.1) is 0 Å². The highest BCUT2D eigenvalue weighted by atomic mass is 79.9. The van der Waals surface area contributed by atoms with E-state index in [-0.39, 0.29) is 12.3 Å². The van der Waals surface area contributed by atoms with Crippen LogP contribution in [0.2, 0.25) is 5.02 Å². The lowest BCUT2D eigenvalue weighted by Crippen LogP contribution is -1.98. The van der Waals surface area contributed by atoms with Gasteiger partial charge < -0.3 is 4.74 Å². The van der Waals surface area contributed by atoms with Gasteiger partial charge in [0.15, 0.2) is 0 Å². The number of nitro benzene ring substituents is 1. The molecule has 0 N–H and O–H groups in total. The molecule has 0 amide bonds. The van der Waals surface area contributed by atoms with Gasteiger partial charge in [0.05, 0.1) is 9.40 Å². The van der Waals surface area contributed by atoms with Gasteiger partial charge in [-0.3, -0.25) is 10.1 Å². The van der Waals surface area contributed by atoms with Gasteiger partial charge in [0.1, 0.15) is 12.4 Å². The van der Waals surface area contributed by atoms with Crippen LogP contribution in [0.5, 0.6) is 5.75 Å². The topological polar surface area (TPSA) is 52.4 Å². The monoisotopic (exact) mass is 341 g/mol. The first-order valence-electron chi connectivity index (χ1n) is 5.38. The number of non-ortho nitro benzene ring substituents is 1. The second-order valence-electron chi connectivity index (χ2n) is 3.75. The molecule has 2 aromatic rings. The van der Waals surface area contributed by atoms with Crippen molar-refractivity contribution in [3.63, 3.8) is 0 Å². The molecule has 19 heavy (non-hydrogen) atoms. The second kappa shape index (κ2) is 6.04. The third-order valence-corrected chi connectivity index (χ3v) is 3.48. The summed E-state index contributed by atoms with van der Waals surface area (Å²) in [6.45, 7) is 0.170. The number of hydrogen-bond acceptors (Lipinski definition) is 3. The number of nitrogens with zero attached hydrogens (tertiary/aromatic N) is 1. The lowest BCUT2D eigenvalue weighted by atomic mass is 10.2. The van der Waals surface area contributed by atoms with Gasteiger partial charge in [-0.1, -0.05) is 23.7 Å². The van der Waals surface area contributed by atoms with Gasteiger partial charge in [-0.05, 0) is 34.1 Å². The molecule has 0 fully saturated rings. The van der Waals surface area contributed by atoms with E-state index in [0.29, 0.717) is 16.3 Å². The number of nitro groups is 1. The summed E-state index contributed by atoms with van der Waals surface area (Å²) in [5.74, 6) is 0.657. The second-order valence-corrected chi connectivity index (χ2v) is 5.01. The highest BCUT2D eigenvalue weighted by Crippen LogP contribution is 2.27. The Labute approximate surface area is 123 Å². The van der Waals surface area contributed by atoms with Crippen LogP contribution in [0.15, 0.2) is 46.9 Å². The van der Waals surface area contributed by atoms with Crippen molar-refractivity contribution in [2.24, 2.45) is 0 Å². The lowest BCUT2D eigenvalue weighted by molar-refractivity contribution is -0.384. The fourth-order valence-electron chi connectivity index (χ4n) is 1.50. The summed E-state index contributed by atoms with van der Waals surface area (Å²) >= 11 is 9.35. The first-order valence-corrected chi connectivity index (χ1v) is 6.55. The summed E-state index contributed by atoms with van der Waals surface area (Å²) in [6.07, 6.45) is 0. The predicted octanol–water partition coefficient (Wildman–Crippen LogP) is 4.59. The highest BCUT2D eigenvalue weighted by Gasteiger charge is 2.10. The van der Waals surface area contributed by atoms with Crippen molar-refractivity contribution in [1.82, 2.24) is 0 Å². The largest absolute Gasteiger partial charge is 0.488 e. The van der Waals surface area contributed by atoms with Gasteiger partial charge in [0, 0.05) is 22.7 Å². The Bertz CT molecular complexity index is 619. The average molecular weight is 343 g/mol. The van der Waals surface area contributed by atoms with E-state index in [1.54, 1.807) is 6.07 Å². The van der Waals surface area contributed by atoms with Gasteiger partial charge in [-0.25, -0.2) is 0 Å². The first kappa shape index (κ1) is 13.8. The van der Waals surface area contributed by atoms with Crippen LogP contribution in [-0.2, 0) is 6.61 Å². The van der Waals surface area contributed by atoms with Crippen LogP contribution in [-0.4, -0.2) is 4.92 Å². The van der Waals surface area contributed by atoms with Crippen LogP contribution >= 0.6 is 27.5 Å². The first-order chi connectivity index (χ1) is 9.08. The molecule has 98 valence electrons. The van der Waals surface area contributed by atoms with Crippen molar-refractivity contribution in [2.75, 3.05) is 0 Å². The Morgan fingerprint density at radius 1 is 1.26 bits per heavy atom. The summed E-state index contributed by atoms with van der Waals surface area (Å²) < 4.78 is 6.40. The van der Waals surface area contributed by atoms with E-state index in [9.17, 15) is 10.1 Å². The zero-order chi connectivity index (χ0) is 13.8. The van der Waals surface area contributed by atoms with Gasteiger partial charge in [0.25, 0.3) is 5.69 Å². The molecule has 0 unspecified atom stereocenters. The molecule has 0 saturated carbocycles. The fraction of sp³-hybridized carbons (Fsp3) is 0.0769. The van der Waals surface area contributed by atoms with Gasteiger partial charge in [0.2, 0.25) is 0 Å². The summed E-state index contributed by atoms with van der Waals surface area (Å²) in [7, 11) is 0. The number of halogens is 2. The molecule has 0 aliphatic carbocycles. The number of ether oxygens (including phenoxy) is 1. The highest BCUT2D eigenvalue weighted by molar-refractivity contribution is 9.10. The Morgan fingerprint density at radius 2 is 2.00 bits per heavy atom. The molecule has 0 aliphatic rings. The van der Waals surface area contributed by atoms with Crippen LogP contribution in [0.3, 0.4) is 0 Å². The number of rotatable bonds is 4. The molecule has 2 aromatic carbocycles. The summed E-state index contributed by atoms with van der Waals surface area (Å²) in [4.78, 5) is 10.2. The number of hydrogen-bond donors (Lipinski definition) is 0. The molecular formula is C13H9BrClNO3. The van der Waals surface area contributed by atoms with Crippen LogP contribution in [0.4, 0.5) is 5.69 Å². The van der Waals surface area contributed by atoms with E-state index in [1.807, 2.05) is 18.2 Å². The molecule has 0 heterocycles. The van der Waals surface area contributed by atoms with Crippen molar-refractivity contribution in [1.29, 1.82) is 0 Å². The van der Waals surface area contributed by atoms with Crippen LogP contribution in [0.1, 0.15) is 5.56 Å². The molecular weight excluding hydrogens is 334 g/mol. The maximum absolute atomic E-state index is 10.7. The molecule has 0 atom stereocenters. The van der Waals surface area contributed by atoms with E-state index in [0.717, 1.165) is 4.47 Å². The smallest absolute Gasteiger partial charge is 0.269 e. The molecule has 0 aliphatic heterocycles. The van der Waals surface area contributed by atoms with Gasteiger partial charge in [-0.2, -0.15) is 0 Å². The normalized spacial score (nSPS) is 10.2. The summed E-state index contributed by atoms with van der Waals surface area (Å²) in [6, 6.07) is 11.6. The molecule has 2 rings (SSSR count). The van der Waals surface area contributed by atoms with Crippen molar-refractivity contribution < 1.29 is 9.66 Å². The maximum atomic E-state index is 10.7. The van der Waals surface area contributed by atoms with E-state index < -0.39 is 4.92 Å². The summed E-state index contributed by atoms with van der Waals surface area (Å²) in [5, 5.41) is 11.1. The molecule has 0 spiro atoms. The van der Waals surface area contributed by atoms with Crippen molar-refractivity contribution in [3.05, 3.63) is 67.6 Å². The molecule has 6 heteroatoms. The standard InChI is InChI=1S/C13H9BrClNO3/c14-11-3-1-2-4-13(11)19-8-9-7-10(16(17)18)5-6-12(9)15/h1-7H,8H2. The van der Waals surface area contributed by atoms with E-state index in [2.05, 4.69) is 15.9 Å². The Morgan fingerprint density at radius 3 is 2.68 bits per heavy atom. The number of para-hydroxylation sites is 1. The van der Waals surface area contributed by atoms with Gasteiger partial charge >= 0.3 is 0 Å². The molecule has 0 bridgehead atoms. The zero-order valence-corrected chi connectivity index (χ0v) is 12.0. The molecule has 4 nitrogen and oxygen atoms in total. The van der Waals surface area contributed by atoms with E-state index >= 15 is 0 Å². The fourth-order valence-corrected chi connectivity index (χ4v) is 2.07. The molecule has 0 saturated heterocycles. The van der Waals surface area contributed by atoms with Crippen molar-refractivity contribution in [2.45, 2.75) is 6.61 Å². The SMILES string of the molecule is O=[N+]([O-])c1ccc(Cl)c(COc2ccccc2Br)c1. The Hall–Kier alpha value is -1.59. The predicted molar refractivity (Wildman–Crippen MR) is 76.6 cm³/mol. The Balaban J connectivity index is 2.17. The average Bonchev–Trinajstić information content (AvgIpc) is 2.39. The Kier molecular flexibility index (Phi) is 4.39.